The van der Waals surface area contributed by atoms with E-state index in [0.29, 0.717) is 12.5 Å². The number of aromatic nitrogens is 3. The molecule has 0 radical (unpaired) electrons. The van der Waals surface area contributed by atoms with E-state index in [2.05, 4.69) is 26.3 Å². The largest absolute Gasteiger partial charge is 0.391 e. The Balaban J connectivity index is 1.79. The van der Waals surface area contributed by atoms with Gasteiger partial charge in [0.25, 0.3) is 0 Å². The maximum Gasteiger partial charge on any atom is 0.225 e. The van der Waals surface area contributed by atoms with Gasteiger partial charge < -0.3 is 10.0 Å². The number of aliphatic hydroxyl groups excluding tert-OH is 1. The van der Waals surface area contributed by atoms with Crippen LogP contribution in [0.15, 0.2) is 48.2 Å². The summed E-state index contributed by atoms with van der Waals surface area (Å²) in [6.45, 7) is 1.46. The highest BCUT2D eigenvalue weighted by molar-refractivity contribution is 7.13. The van der Waals surface area contributed by atoms with Crippen LogP contribution in [0.25, 0.3) is 21.7 Å². The number of anilines is 1. The molecule has 1 saturated heterocycles. The van der Waals surface area contributed by atoms with Gasteiger partial charge in [0.15, 0.2) is 0 Å². The van der Waals surface area contributed by atoms with Crippen molar-refractivity contribution in [1.29, 1.82) is 0 Å². The van der Waals surface area contributed by atoms with Crippen LogP contribution >= 0.6 is 11.3 Å². The zero-order valence-corrected chi connectivity index (χ0v) is 14.0. The smallest absolute Gasteiger partial charge is 0.225 e. The van der Waals surface area contributed by atoms with Crippen LogP contribution in [0.2, 0.25) is 0 Å². The maximum atomic E-state index is 9.93. The molecule has 3 aromatic heterocycles. The Kier molecular flexibility index (Phi) is 4.23. The van der Waals surface area contributed by atoms with Crippen molar-refractivity contribution < 1.29 is 5.11 Å². The summed E-state index contributed by atoms with van der Waals surface area (Å²) in [7, 11) is 0. The minimum Gasteiger partial charge on any atom is -0.391 e. The Morgan fingerprint density at radius 1 is 1.21 bits per heavy atom. The van der Waals surface area contributed by atoms with E-state index >= 15 is 0 Å². The molecule has 1 N–H and O–H groups in total. The molecule has 0 saturated carbocycles. The highest BCUT2D eigenvalue weighted by Crippen LogP contribution is 2.33. The molecule has 3 aromatic rings. The van der Waals surface area contributed by atoms with Crippen molar-refractivity contribution in [1.82, 2.24) is 15.0 Å². The van der Waals surface area contributed by atoms with E-state index in [1.54, 1.807) is 17.5 Å². The minimum atomic E-state index is -0.304. The van der Waals surface area contributed by atoms with E-state index in [9.17, 15) is 5.11 Å². The van der Waals surface area contributed by atoms with Gasteiger partial charge in [-0.3, -0.25) is 4.98 Å². The molecule has 24 heavy (non-hydrogen) atoms. The average Bonchev–Trinajstić information content (AvgIpc) is 3.16. The first kappa shape index (κ1) is 15.2. The second kappa shape index (κ2) is 6.67. The molecule has 1 aliphatic heterocycles. The molecule has 4 heterocycles. The zero-order valence-electron chi connectivity index (χ0n) is 13.2. The summed E-state index contributed by atoms with van der Waals surface area (Å²) in [5.74, 6) is 0.674. The number of aliphatic hydroxyl groups is 1. The number of hydrogen-bond acceptors (Lipinski definition) is 6. The predicted octanol–water partition coefficient (Wildman–Crippen LogP) is 3.23. The third-order valence-corrected chi connectivity index (χ3v) is 5.08. The second-order valence-corrected chi connectivity index (χ2v) is 6.84. The van der Waals surface area contributed by atoms with Crippen LogP contribution in [-0.4, -0.2) is 39.3 Å². The van der Waals surface area contributed by atoms with Gasteiger partial charge in [-0.1, -0.05) is 6.07 Å². The van der Waals surface area contributed by atoms with Crippen LogP contribution in [0, 0.1) is 0 Å². The fraction of sp³-hybridized carbons (Fsp3) is 0.278. The van der Waals surface area contributed by atoms with Gasteiger partial charge in [0.1, 0.15) is 0 Å². The van der Waals surface area contributed by atoms with Crippen molar-refractivity contribution in [3.8, 4) is 21.7 Å². The molecule has 1 aliphatic rings. The maximum absolute atomic E-state index is 9.93. The molecule has 4 rings (SSSR count). The number of pyridine rings is 1. The van der Waals surface area contributed by atoms with Crippen molar-refractivity contribution in [3.05, 3.63) is 48.2 Å². The summed E-state index contributed by atoms with van der Waals surface area (Å²) in [5, 5.41) is 12.0. The normalized spacial score (nSPS) is 17.9. The average molecular weight is 338 g/mol. The van der Waals surface area contributed by atoms with E-state index in [4.69, 9.17) is 4.98 Å². The summed E-state index contributed by atoms with van der Waals surface area (Å²) in [4.78, 5) is 16.8. The van der Waals surface area contributed by atoms with E-state index < -0.39 is 0 Å². The number of nitrogens with zero attached hydrogens (tertiary/aromatic N) is 4. The van der Waals surface area contributed by atoms with Crippen LogP contribution < -0.4 is 4.90 Å². The Labute approximate surface area is 144 Å². The molecular formula is C18H18N4OS. The fourth-order valence-corrected chi connectivity index (χ4v) is 3.73. The molecule has 0 aliphatic carbocycles. The molecule has 0 aromatic carbocycles. The number of piperidine rings is 1. The molecular weight excluding hydrogens is 320 g/mol. The van der Waals surface area contributed by atoms with Crippen LogP contribution in [0.1, 0.15) is 12.8 Å². The van der Waals surface area contributed by atoms with Gasteiger partial charge in [-0.05, 0) is 36.4 Å². The van der Waals surface area contributed by atoms with Crippen LogP contribution in [0.4, 0.5) is 5.95 Å². The highest BCUT2D eigenvalue weighted by atomic mass is 32.1. The molecule has 1 fully saturated rings. The summed E-state index contributed by atoms with van der Waals surface area (Å²) >= 11 is 1.67. The van der Waals surface area contributed by atoms with Gasteiger partial charge in [0.05, 0.1) is 11.8 Å². The Morgan fingerprint density at radius 3 is 2.92 bits per heavy atom. The third kappa shape index (κ3) is 3.02. The standard InChI is InChI=1S/C18H18N4OS/c23-14-5-2-8-22(12-14)18-20-11-15(16-6-3-9-24-16)17(21-18)13-4-1-7-19-10-13/h1,3-4,6-7,9-11,14,23H,2,5,8,12H2/t14-/m1/s1. The van der Waals surface area contributed by atoms with Gasteiger partial charge in [0.2, 0.25) is 5.95 Å². The summed E-state index contributed by atoms with van der Waals surface area (Å²) in [5.41, 5.74) is 2.87. The molecule has 0 amide bonds. The van der Waals surface area contributed by atoms with Crippen LogP contribution in [0.5, 0.6) is 0 Å². The predicted molar refractivity (Wildman–Crippen MR) is 96.0 cm³/mol. The fourth-order valence-electron chi connectivity index (χ4n) is 3.00. The van der Waals surface area contributed by atoms with Gasteiger partial charge in [-0.2, -0.15) is 0 Å². The van der Waals surface area contributed by atoms with Crippen molar-refractivity contribution in [3.63, 3.8) is 0 Å². The molecule has 6 heteroatoms. The third-order valence-electron chi connectivity index (χ3n) is 4.18. The number of hydrogen-bond donors (Lipinski definition) is 1. The van der Waals surface area contributed by atoms with Gasteiger partial charge in [-0.25, -0.2) is 9.97 Å². The quantitative estimate of drug-likeness (QED) is 0.794. The highest BCUT2D eigenvalue weighted by Gasteiger charge is 2.21. The Bertz CT molecular complexity index is 807. The van der Waals surface area contributed by atoms with Gasteiger partial charge in [-0.15, -0.1) is 11.3 Å². The van der Waals surface area contributed by atoms with Crippen molar-refractivity contribution in [2.45, 2.75) is 18.9 Å². The van der Waals surface area contributed by atoms with Gasteiger partial charge in [0, 0.05) is 47.7 Å². The van der Waals surface area contributed by atoms with Crippen LogP contribution in [0.3, 0.4) is 0 Å². The molecule has 0 bridgehead atoms. The van der Waals surface area contributed by atoms with E-state index in [1.807, 2.05) is 30.6 Å². The lowest BCUT2D eigenvalue weighted by Crippen LogP contribution is -2.39. The van der Waals surface area contributed by atoms with Crippen molar-refractivity contribution in [2.75, 3.05) is 18.0 Å². The Hall–Kier alpha value is -2.31. The van der Waals surface area contributed by atoms with E-state index in [-0.39, 0.29) is 6.10 Å². The molecule has 0 spiro atoms. The second-order valence-electron chi connectivity index (χ2n) is 5.89. The first-order chi connectivity index (χ1) is 11.8. The van der Waals surface area contributed by atoms with E-state index in [0.717, 1.165) is 41.1 Å². The number of β-amino-alcohol motifs (C(OH)–C–C–N with tert-alkyl or cyclic N) is 1. The Morgan fingerprint density at radius 2 is 2.17 bits per heavy atom. The zero-order chi connectivity index (χ0) is 16.4. The van der Waals surface area contributed by atoms with Crippen molar-refractivity contribution >= 4 is 17.3 Å². The molecule has 122 valence electrons. The molecule has 5 nitrogen and oxygen atoms in total. The monoisotopic (exact) mass is 338 g/mol. The molecule has 1 atom stereocenters. The lowest BCUT2D eigenvalue weighted by Gasteiger charge is -2.30. The van der Waals surface area contributed by atoms with Crippen LogP contribution in [-0.2, 0) is 0 Å². The molecule has 0 unspecified atom stereocenters. The summed E-state index contributed by atoms with van der Waals surface area (Å²) in [6, 6.07) is 8.04. The SMILES string of the molecule is O[C@@H]1CCCN(c2ncc(-c3cccs3)c(-c3cccnc3)n2)C1. The summed E-state index contributed by atoms with van der Waals surface area (Å²) < 4.78 is 0. The topological polar surface area (TPSA) is 62.1 Å². The first-order valence-electron chi connectivity index (χ1n) is 8.05. The minimum absolute atomic E-state index is 0.304. The van der Waals surface area contributed by atoms with Gasteiger partial charge >= 0.3 is 0 Å². The number of rotatable bonds is 3. The lowest BCUT2D eigenvalue weighted by molar-refractivity contribution is 0.153. The van der Waals surface area contributed by atoms with Crippen molar-refractivity contribution in [2.24, 2.45) is 0 Å². The number of thiophene rings is 1. The van der Waals surface area contributed by atoms with E-state index in [1.165, 1.54) is 0 Å². The first-order valence-corrected chi connectivity index (χ1v) is 8.93. The lowest BCUT2D eigenvalue weighted by atomic mass is 10.1. The summed E-state index contributed by atoms with van der Waals surface area (Å²) in [6.07, 6.45) is 6.98.